The zero-order valence-corrected chi connectivity index (χ0v) is 17.0. The monoisotopic (exact) mass is 389 g/mol. The Hall–Kier alpha value is -2.12. The third-order valence-electron chi connectivity index (χ3n) is 5.65. The van der Waals surface area contributed by atoms with E-state index in [-0.39, 0.29) is 13.2 Å². The number of fused-ring (bicyclic) bond motifs is 1. The first-order chi connectivity index (χ1) is 13.3. The predicted octanol–water partition coefficient (Wildman–Crippen LogP) is 3.16. The van der Waals surface area contributed by atoms with Gasteiger partial charge in [-0.15, -0.1) is 0 Å². The number of hydrogen-bond donors (Lipinski definition) is 2. The molecule has 1 aliphatic carbocycles. The van der Waals surface area contributed by atoms with Crippen LogP contribution in [0.3, 0.4) is 0 Å². The quantitative estimate of drug-likeness (QED) is 0.557. The summed E-state index contributed by atoms with van der Waals surface area (Å²) in [6.07, 6.45) is 6.15. The van der Waals surface area contributed by atoms with E-state index in [1.807, 2.05) is 36.9 Å². The Morgan fingerprint density at radius 2 is 2.04 bits per heavy atom. The maximum Gasteiger partial charge on any atom is 0.332 e. The van der Waals surface area contributed by atoms with Gasteiger partial charge in [0.25, 0.3) is 0 Å². The van der Waals surface area contributed by atoms with E-state index in [9.17, 15) is 9.90 Å². The summed E-state index contributed by atoms with van der Waals surface area (Å²) >= 11 is 0. The molecule has 0 atom stereocenters. The highest BCUT2D eigenvalue weighted by Crippen LogP contribution is 2.35. The fourth-order valence-electron chi connectivity index (χ4n) is 3.93. The average molecular weight is 389 g/mol. The highest BCUT2D eigenvalue weighted by molar-refractivity contribution is 5.83. The van der Waals surface area contributed by atoms with Gasteiger partial charge >= 0.3 is 5.97 Å². The Kier molecular flexibility index (Phi) is 6.25. The highest BCUT2D eigenvalue weighted by atomic mass is 16.6. The molecule has 154 valence electrons. The van der Waals surface area contributed by atoms with Gasteiger partial charge in [0.15, 0.2) is 0 Å². The predicted molar refractivity (Wildman–Crippen MR) is 108 cm³/mol. The number of nitrogen functional groups attached to an aromatic ring is 1. The molecule has 3 rings (SSSR count). The Balaban J connectivity index is 1.79. The first-order valence-electron chi connectivity index (χ1n) is 10.0. The van der Waals surface area contributed by atoms with Crippen LogP contribution in [0.2, 0.25) is 0 Å². The molecule has 0 bridgehead atoms. The largest absolute Gasteiger partial charge is 0.464 e. The van der Waals surface area contributed by atoms with E-state index in [4.69, 9.17) is 20.3 Å². The van der Waals surface area contributed by atoms with Crippen molar-refractivity contribution in [1.82, 2.24) is 9.78 Å². The first kappa shape index (κ1) is 20.6. The van der Waals surface area contributed by atoms with Crippen molar-refractivity contribution in [3.63, 3.8) is 0 Å². The molecule has 7 heteroatoms. The number of carbonyl (C=O) groups is 1. The molecule has 0 radical (unpaired) electrons. The van der Waals surface area contributed by atoms with Gasteiger partial charge in [0.2, 0.25) is 0 Å². The number of benzene rings is 1. The van der Waals surface area contributed by atoms with Crippen molar-refractivity contribution in [3.8, 4) is 0 Å². The Bertz CT molecular complexity index is 822. The maximum absolute atomic E-state index is 11.6. The van der Waals surface area contributed by atoms with Crippen LogP contribution in [0.1, 0.15) is 58.1 Å². The molecule has 1 aromatic heterocycles. The number of rotatable bonds is 7. The van der Waals surface area contributed by atoms with Gasteiger partial charge in [-0.25, -0.2) is 4.79 Å². The van der Waals surface area contributed by atoms with Crippen molar-refractivity contribution in [2.24, 2.45) is 5.92 Å². The number of anilines is 1. The highest BCUT2D eigenvalue weighted by Gasteiger charge is 2.27. The summed E-state index contributed by atoms with van der Waals surface area (Å²) in [7, 11) is 0. The lowest BCUT2D eigenvalue weighted by Gasteiger charge is -2.27. The van der Waals surface area contributed by atoms with Crippen molar-refractivity contribution < 1.29 is 19.4 Å². The molecular formula is C21H31N3O4. The van der Waals surface area contributed by atoms with E-state index in [0.29, 0.717) is 24.3 Å². The molecule has 0 unspecified atom stereocenters. The van der Waals surface area contributed by atoms with Crippen LogP contribution in [-0.2, 0) is 19.9 Å². The number of esters is 1. The van der Waals surface area contributed by atoms with Gasteiger partial charge in [0.05, 0.1) is 23.8 Å². The van der Waals surface area contributed by atoms with Crippen LogP contribution < -0.4 is 5.73 Å². The topological polar surface area (TPSA) is 99.6 Å². The summed E-state index contributed by atoms with van der Waals surface area (Å²) in [6.45, 7) is 6.01. The molecule has 1 fully saturated rings. The van der Waals surface area contributed by atoms with E-state index in [1.165, 1.54) is 0 Å². The van der Waals surface area contributed by atoms with Gasteiger partial charge in [-0.05, 0) is 64.5 Å². The molecule has 0 saturated heterocycles. The minimum Gasteiger partial charge on any atom is -0.464 e. The standard InChI is InChI=1S/C21H31N3O4/c1-4-27-20(26)13-28-21(2,3)17-10-19-15(9-18(17)22)11-24(23-19)16-7-5-14(12-25)6-8-16/h9-11,14,16,25H,4-8,12-13,22H2,1-3H3. The first-order valence-corrected chi connectivity index (χ1v) is 10.0. The molecule has 1 heterocycles. The zero-order chi connectivity index (χ0) is 20.3. The molecule has 1 aromatic carbocycles. The average Bonchev–Trinajstić information content (AvgIpc) is 3.09. The Morgan fingerprint density at radius 3 is 2.68 bits per heavy atom. The van der Waals surface area contributed by atoms with Crippen LogP contribution in [0.5, 0.6) is 0 Å². The number of aliphatic hydroxyl groups is 1. The molecule has 0 spiro atoms. The number of hydrogen-bond acceptors (Lipinski definition) is 6. The zero-order valence-electron chi connectivity index (χ0n) is 17.0. The van der Waals surface area contributed by atoms with E-state index in [1.54, 1.807) is 6.92 Å². The fraction of sp³-hybridized carbons (Fsp3) is 0.619. The fourth-order valence-corrected chi connectivity index (χ4v) is 3.93. The summed E-state index contributed by atoms with van der Waals surface area (Å²) in [5.74, 6) is 0.0267. The van der Waals surface area contributed by atoms with E-state index in [2.05, 4.69) is 0 Å². The minimum atomic E-state index is -0.742. The third-order valence-corrected chi connectivity index (χ3v) is 5.65. The Labute approximate surface area is 165 Å². The van der Waals surface area contributed by atoms with Crippen molar-refractivity contribution in [2.75, 3.05) is 25.6 Å². The second-order valence-electron chi connectivity index (χ2n) is 8.07. The number of nitrogens with zero attached hydrogens (tertiary/aromatic N) is 2. The van der Waals surface area contributed by atoms with Crippen LogP contribution in [0.15, 0.2) is 18.3 Å². The number of nitrogens with two attached hydrogens (primary N) is 1. The van der Waals surface area contributed by atoms with Crippen LogP contribution >= 0.6 is 0 Å². The van der Waals surface area contributed by atoms with Gasteiger partial charge in [-0.3, -0.25) is 4.68 Å². The summed E-state index contributed by atoms with van der Waals surface area (Å²) in [4.78, 5) is 11.6. The smallest absolute Gasteiger partial charge is 0.332 e. The van der Waals surface area contributed by atoms with Crippen LogP contribution in [0.4, 0.5) is 5.69 Å². The lowest BCUT2D eigenvalue weighted by molar-refractivity contribution is -0.154. The lowest BCUT2D eigenvalue weighted by Crippen LogP contribution is -2.27. The number of carbonyl (C=O) groups excluding carboxylic acids is 1. The number of ether oxygens (including phenoxy) is 2. The maximum atomic E-state index is 11.6. The van der Waals surface area contributed by atoms with Crippen molar-refractivity contribution in [1.29, 1.82) is 0 Å². The Morgan fingerprint density at radius 1 is 1.32 bits per heavy atom. The van der Waals surface area contributed by atoms with Gasteiger partial charge in [0.1, 0.15) is 6.61 Å². The second-order valence-corrected chi connectivity index (χ2v) is 8.07. The summed E-state index contributed by atoms with van der Waals surface area (Å²) in [6, 6.07) is 4.22. The van der Waals surface area contributed by atoms with Crippen LogP contribution in [-0.4, -0.2) is 40.7 Å². The SMILES string of the molecule is CCOC(=O)COC(C)(C)c1cc2nn(C3CCC(CO)CC3)cc2cc1N. The minimum absolute atomic E-state index is 0.124. The molecule has 0 aliphatic heterocycles. The molecular weight excluding hydrogens is 358 g/mol. The van der Waals surface area contributed by atoms with Gasteiger partial charge < -0.3 is 20.3 Å². The molecule has 1 aliphatic rings. The number of aromatic nitrogens is 2. The van der Waals surface area contributed by atoms with Crippen LogP contribution in [0, 0.1) is 5.92 Å². The van der Waals surface area contributed by atoms with E-state index < -0.39 is 11.6 Å². The molecule has 1 saturated carbocycles. The number of aliphatic hydroxyl groups excluding tert-OH is 1. The summed E-state index contributed by atoms with van der Waals surface area (Å²) in [5, 5.41) is 15.1. The molecule has 2 aromatic rings. The second kappa shape index (κ2) is 8.49. The molecule has 3 N–H and O–H groups in total. The van der Waals surface area contributed by atoms with E-state index >= 15 is 0 Å². The molecule has 28 heavy (non-hydrogen) atoms. The van der Waals surface area contributed by atoms with Crippen molar-refractivity contribution in [2.45, 2.75) is 58.1 Å². The van der Waals surface area contributed by atoms with Gasteiger partial charge in [-0.2, -0.15) is 5.10 Å². The van der Waals surface area contributed by atoms with E-state index in [0.717, 1.165) is 42.1 Å². The normalized spacial score (nSPS) is 20.4. The van der Waals surface area contributed by atoms with Crippen molar-refractivity contribution in [3.05, 3.63) is 23.9 Å². The molecule has 0 amide bonds. The lowest BCUT2D eigenvalue weighted by atomic mass is 9.87. The summed E-state index contributed by atoms with van der Waals surface area (Å²) < 4.78 is 12.8. The molecule has 7 nitrogen and oxygen atoms in total. The summed E-state index contributed by atoms with van der Waals surface area (Å²) in [5.41, 5.74) is 7.84. The van der Waals surface area contributed by atoms with Crippen molar-refractivity contribution >= 4 is 22.6 Å². The third kappa shape index (κ3) is 4.47. The van der Waals surface area contributed by atoms with Gasteiger partial charge in [0, 0.05) is 29.4 Å². The van der Waals surface area contributed by atoms with Gasteiger partial charge in [-0.1, -0.05) is 0 Å². The van der Waals surface area contributed by atoms with Crippen LogP contribution in [0.25, 0.3) is 10.9 Å².